The lowest BCUT2D eigenvalue weighted by molar-refractivity contribution is -0.176. The third-order valence-electron chi connectivity index (χ3n) is 10.3. The second-order valence-electron chi connectivity index (χ2n) is 14.9. The van der Waals surface area contributed by atoms with Crippen LogP contribution in [0.15, 0.2) is 0 Å². The highest BCUT2D eigenvalue weighted by Crippen LogP contribution is 2.50. The van der Waals surface area contributed by atoms with Gasteiger partial charge in [-0.3, -0.25) is 14.4 Å². The summed E-state index contributed by atoms with van der Waals surface area (Å²) >= 11 is 0. The van der Waals surface area contributed by atoms with Gasteiger partial charge in [-0.15, -0.1) is 0 Å². The van der Waals surface area contributed by atoms with Crippen molar-refractivity contribution in [3.8, 4) is 0 Å². The summed E-state index contributed by atoms with van der Waals surface area (Å²) in [5.74, 6) is 0.814. The van der Waals surface area contributed by atoms with E-state index in [-0.39, 0.29) is 59.0 Å². The number of ketones is 1. The number of hydrogen-bond acceptors (Lipinski definition) is 6. The first-order valence-corrected chi connectivity index (χ1v) is 18.0. The summed E-state index contributed by atoms with van der Waals surface area (Å²) in [7, 11) is -1.99. The van der Waals surface area contributed by atoms with Crippen molar-refractivity contribution < 1.29 is 28.3 Å². The fourth-order valence-electron chi connectivity index (χ4n) is 6.55. The van der Waals surface area contributed by atoms with Gasteiger partial charge in [0, 0.05) is 24.7 Å². The Kier molecular flexibility index (Phi) is 9.66. The lowest BCUT2D eigenvalue weighted by Gasteiger charge is -2.49. The second-order valence-corrected chi connectivity index (χ2v) is 19.6. The zero-order valence-electron chi connectivity index (χ0n) is 25.7. The Hall–Kier alpha value is -1.21. The molecule has 1 aliphatic heterocycles. The zero-order chi connectivity index (χ0) is 28.6. The van der Waals surface area contributed by atoms with Gasteiger partial charge in [0.05, 0.1) is 17.9 Å². The predicted octanol–water partition coefficient (Wildman–Crippen LogP) is 7.10. The molecular formula is C31H54O6Si. The van der Waals surface area contributed by atoms with E-state index >= 15 is 0 Å². The number of carbonyl (C=O) groups excluding carboxylic acids is 3. The number of carbonyl (C=O) groups is 3. The molecule has 0 amide bonds. The quantitative estimate of drug-likeness (QED) is 0.237. The minimum Gasteiger partial charge on any atom is -0.462 e. The summed E-state index contributed by atoms with van der Waals surface area (Å²) in [4.78, 5) is 38.8. The van der Waals surface area contributed by atoms with Gasteiger partial charge in [-0.2, -0.15) is 0 Å². The summed E-state index contributed by atoms with van der Waals surface area (Å²) in [5, 5.41) is 0.0832. The first-order valence-electron chi connectivity index (χ1n) is 15.1. The summed E-state index contributed by atoms with van der Waals surface area (Å²) in [6.45, 7) is 21.3. The van der Waals surface area contributed by atoms with Crippen molar-refractivity contribution in [1.82, 2.24) is 0 Å². The predicted molar refractivity (Wildman–Crippen MR) is 152 cm³/mol. The fraction of sp³-hybridized carbons (Fsp3) is 0.903. The molecule has 0 spiro atoms. The van der Waals surface area contributed by atoms with Crippen molar-refractivity contribution in [2.45, 2.75) is 143 Å². The molecule has 38 heavy (non-hydrogen) atoms. The normalized spacial score (nSPS) is 34.9. The van der Waals surface area contributed by atoms with E-state index in [1.807, 2.05) is 20.8 Å². The maximum absolute atomic E-state index is 13.2. The lowest BCUT2D eigenvalue weighted by Crippen LogP contribution is -2.51. The third-order valence-corrected chi connectivity index (χ3v) is 14.9. The first-order chi connectivity index (χ1) is 17.4. The number of Topliss-reactive ketones (excluding diaryl/α,β-unsaturated/α-hetero) is 1. The van der Waals surface area contributed by atoms with Crippen LogP contribution >= 0.6 is 0 Å². The van der Waals surface area contributed by atoms with Gasteiger partial charge in [0.15, 0.2) is 8.32 Å². The van der Waals surface area contributed by atoms with Crippen LogP contribution in [0, 0.1) is 35.0 Å². The van der Waals surface area contributed by atoms with E-state index in [1.165, 1.54) is 0 Å². The topological polar surface area (TPSA) is 78.9 Å². The van der Waals surface area contributed by atoms with Crippen LogP contribution in [0.5, 0.6) is 0 Å². The molecule has 2 saturated carbocycles. The molecule has 0 radical (unpaired) electrons. The Morgan fingerprint density at radius 3 is 2.26 bits per heavy atom. The van der Waals surface area contributed by atoms with E-state index < -0.39 is 13.7 Å². The van der Waals surface area contributed by atoms with Crippen LogP contribution in [0.4, 0.5) is 0 Å². The molecule has 3 aliphatic rings. The smallest absolute Gasteiger partial charge is 0.311 e. The summed E-state index contributed by atoms with van der Waals surface area (Å²) in [6, 6.07) is 0. The maximum atomic E-state index is 13.2. The van der Waals surface area contributed by atoms with Crippen LogP contribution in [0.1, 0.15) is 107 Å². The largest absolute Gasteiger partial charge is 0.462 e. The molecule has 3 rings (SSSR count). The molecule has 2 aliphatic carbocycles. The highest BCUT2D eigenvalue weighted by atomic mass is 28.4. The Morgan fingerprint density at radius 2 is 1.66 bits per heavy atom. The molecule has 0 aromatic rings. The fourth-order valence-corrected chi connectivity index (χ4v) is 7.91. The van der Waals surface area contributed by atoms with Crippen molar-refractivity contribution in [1.29, 1.82) is 0 Å². The van der Waals surface area contributed by atoms with Crippen LogP contribution in [0.25, 0.3) is 0 Å². The molecule has 0 unspecified atom stereocenters. The summed E-state index contributed by atoms with van der Waals surface area (Å²) < 4.78 is 18.7. The molecule has 1 saturated heterocycles. The molecule has 0 N–H and O–H groups in total. The van der Waals surface area contributed by atoms with Crippen molar-refractivity contribution in [3.63, 3.8) is 0 Å². The minimum atomic E-state index is -1.99. The average Bonchev–Trinajstić information content (AvgIpc) is 2.77. The van der Waals surface area contributed by atoms with Crippen molar-refractivity contribution >= 4 is 26.0 Å². The van der Waals surface area contributed by atoms with Crippen LogP contribution in [-0.4, -0.2) is 44.4 Å². The highest BCUT2D eigenvalue weighted by Gasteiger charge is 2.51. The van der Waals surface area contributed by atoms with E-state index in [0.29, 0.717) is 31.0 Å². The van der Waals surface area contributed by atoms with Gasteiger partial charge < -0.3 is 13.9 Å². The number of esters is 2. The van der Waals surface area contributed by atoms with Gasteiger partial charge >= 0.3 is 11.9 Å². The Bertz CT molecular complexity index is 874. The van der Waals surface area contributed by atoms with E-state index in [0.717, 1.165) is 32.1 Å². The molecule has 6 nitrogen and oxygen atoms in total. The zero-order valence-corrected chi connectivity index (χ0v) is 26.7. The van der Waals surface area contributed by atoms with Gasteiger partial charge in [-0.05, 0) is 81.8 Å². The van der Waals surface area contributed by atoms with Gasteiger partial charge in [0.1, 0.15) is 18.0 Å². The number of hydrogen-bond donors (Lipinski definition) is 0. The summed E-state index contributed by atoms with van der Waals surface area (Å²) in [5.41, 5.74) is -0.536. The number of rotatable bonds is 8. The van der Waals surface area contributed by atoms with Crippen molar-refractivity contribution in [2.75, 3.05) is 0 Å². The van der Waals surface area contributed by atoms with E-state index in [1.54, 1.807) is 0 Å². The molecule has 218 valence electrons. The van der Waals surface area contributed by atoms with E-state index in [9.17, 15) is 14.4 Å². The van der Waals surface area contributed by atoms with Gasteiger partial charge in [-0.25, -0.2) is 0 Å². The van der Waals surface area contributed by atoms with Gasteiger partial charge in [0.25, 0.3) is 0 Å². The van der Waals surface area contributed by atoms with Crippen LogP contribution in [0.3, 0.4) is 0 Å². The van der Waals surface area contributed by atoms with Crippen molar-refractivity contribution in [2.24, 2.45) is 35.0 Å². The lowest BCUT2D eigenvalue weighted by atomic mass is 9.57. The monoisotopic (exact) mass is 550 g/mol. The molecule has 1 heterocycles. The molecule has 8 atom stereocenters. The Morgan fingerprint density at radius 1 is 1.00 bits per heavy atom. The molecular weight excluding hydrogens is 496 g/mol. The van der Waals surface area contributed by atoms with Crippen LogP contribution in [-0.2, 0) is 28.3 Å². The molecule has 0 aromatic heterocycles. The van der Waals surface area contributed by atoms with Crippen LogP contribution < -0.4 is 0 Å². The SMILES string of the molecule is CCC(C)(C)C(=O)O[C@H]1C[C@@H](C)C[C@@H]2C(=O)C[C@H](C)[C@H](CC[C@@H]3C[C@@H](O[Si](C)(C)C(C)(C)C)CC(=O)O3)[C@@H]12. The summed E-state index contributed by atoms with van der Waals surface area (Å²) in [6.07, 6.45) is 5.15. The highest BCUT2D eigenvalue weighted by molar-refractivity contribution is 6.74. The number of cyclic esters (lactones) is 1. The minimum absolute atomic E-state index is 0.0395. The second kappa shape index (κ2) is 11.7. The molecule has 0 aromatic carbocycles. The Balaban J connectivity index is 1.74. The van der Waals surface area contributed by atoms with E-state index in [2.05, 4.69) is 47.7 Å². The molecule has 3 fully saturated rings. The van der Waals surface area contributed by atoms with Gasteiger partial charge in [0.2, 0.25) is 0 Å². The standard InChI is InChI=1S/C31H54O6Si/c1-11-31(7,8)29(34)36-26-15-19(2)14-24-25(32)16-20(3)23(28(24)26)13-12-21-17-22(18-27(33)35-21)37-38(9,10)30(4,5)6/h19-24,26,28H,11-18H2,1-10H3/t19-,20-,21+,22+,23-,24+,26-,28+/m0/s1. The maximum Gasteiger partial charge on any atom is 0.311 e. The first kappa shape index (κ1) is 31.3. The number of ether oxygens (including phenoxy) is 2. The van der Waals surface area contributed by atoms with Gasteiger partial charge in [-0.1, -0.05) is 41.5 Å². The number of fused-ring (bicyclic) bond motifs is 1. The molecule has 0 bridgehead atoms. The Labute approximate surface area is 232 Å². The average molecular weight is 551 g/mol. The van der Waals surface area contributed by atoms with E-state index in [4.69, 9.17) is 13.9 Å². The van der Waals surface area contributed by atoms with Crippen molar-refractivity contribution in [3.05, 3.63) is 0 Å². The third kappa shape index (κ3) is 7.10. The van der Waals surface area contributed by atoms with Crippen LogP contribution in [0.2, 0.25) is 18.1 Å². The molecule has 7 heteroatoms.